The minimum absolute atomic E-state index is 0.276. The largest absolute Gasteiger partial charge is 0.444 e. The molecule has 0 aromatic rings. The molecule has 1 rings (SSSR count). The maximum atomic E-state index is 11.6. The van der Waals surface area contributed by atoms with Gasteiger partial charge in [-0.25, -0.2) is 10.7 Å². The fourth-order valence-electron chi connectivity index (χ4n) is 2.62. The van der Waals surface area contributed by atoms with Gasteiger partial charge in [0.05, 0.1) is 6.61 Å². The zero-order chi connectivity index (χ0) is 14.3. The summed E-state index contributed by atoms with van der Waals surface area (Å²) in [4.78, 5) is 16.4. The molecule has 19 heavy (non-hydrogen) atoms. The molecule has 5 nitrogen and oxygen atoms in total. The van der Waals surface area contributed by atoms with Gasteiger partial charge in [-0.2, -0.15) is 0 Å². The van der Waals surface area contributed by atoms with Crippen molar-refractivity contribution in [2.24, 2.45) is 17.7 Å². The molecule has 1 aliphatic rings. The summed E-state index contributed by atoms with van der Waals surface area (Å²) in [5, 5.41) is 2.82. The van der Waals surface area contributed by atoms with Crippen molar-refractivity contribution in [2.45, 2.75) is 58.5 Å². The van der Waals surface area contributed by atoms with Crippen LogP contribution in [0.3, 0.4) is 0 Å². The van der Waals surface area contributed by atoms with Crippen molar-refractivity contribution in [3.63, 3.8) is 0 Å². The highest BCUT2D eigenvalue weighted by atomic mass is 16.6. The molecule has 1 unspecified atom stereocenters. The number of hydrogen-bond donors (Lipinski definition) is 2. The fourth-order valence-corrected chi connectivity index (χ4v) is 2.62. The Morgan fingerprint density at radius 1 is 1.32 bits per heavy atom. The third kappa shape index (κ3) is 6.78. The maximum Gasteiger partial charge on any atom is 0.407 e. The molecule has 0 spiro atoms. The van der Waals surface area contributed by atoms with Crippen molar-refractivity contribution in [2.75, 3.05) is 13.2 Å². The lowest BCUT2D eigenvalue weighted by molar-refractivity contribution is 0.0432. The highest BCUT2D eigenvalue weighted by molar-refractivity contribution is 5.67. The molecule has 0 saturated heterocycles. The molecule has 0 aromatic carbocycles. The summed E-state index contributed by atoms with van der Waals surface area (Å²) < 4.78 is 5.23. The van der Waals surface area contributed by atoms with Crippen molar-refractivity contribution in [3.05, 3.63) is 0 Å². The maximum absolute atomic E-state index is 11.6. The van der Waals surface area contributed by atoms with Gasteiger partial charge in [-0.3, -0.25) is 0 Å². The minimum Gasteiger partial charge on any atom is -0.444 e. The lowest BCUT2D eigenvalue weighted by atomic mass is 9.80. The summed E-state index contributed by atoms with van der Waals surface area (Å²) in [6.45, 7) is 6.62. The number of carbonyl (C=O) groups excluding carboxylic acids is 1. The zero-order valence-electron chi connectivity index (χ0n) is 12.4. The van der Waals surface area contributed by atoms with Crippen molar-refractivity contribution in [3.8, 4) is 0 Å². The molecule has 1 fully saturated rings. The molecule has 1 saturated carbocycles. The number of amides is 1. The van der Waals surface area contributed by atoms with Crippen LogP contribution in [-0.2, 0) is 9.57 Å². The smallest absolute Gasteiger partial charge is 0.407 e. The van der Waals surface area contributed by atoms with Crippen LogP contribution in [0.5, 0.6) is 0 Å². The lowest BCUT2D eigenvalue weighted by Gasteiger charge is -2.30. The summed E-state index contributed by atoms with van der Waals surface area (Å²) in [5.74, 6) is 6.07. The van der Waals surface area contributed by atoms with E-state index in [1.807, 2.05) is 20.8 Å². The van der Waals surface area contributed by atoms with E-state index in [4.69, 9.17) is 15.5 Å². The first kappa shape index (κ1) is 16.2. The summed E-state index contributed by atoms with van der Waals surface area (Å²) in [6, 6.07) is 0. The number of rotatable bonds is 5. The summed E-state index contributed by atoms with van der Waals surface area (Å²) in [7, 11) is 0. The second-order valence-corrected chi connectivity index (χ2v) is 6.37. The van der Waals surface area contributed by atoms with Crippen LogP contribution in [0.15, 0.2) is 0 Å². The average Bonchev–Trinajstić information content (AvgIpc) is 2.33. The number of carbonyl (C=O) groups is 1. The van der Waals surface area contributed by atoms with E-state index in [-0.39, 0.29) is 12.0 Å². The van der Waals surface area contributed by atoms with E-state index in [0.29, 0.717) is 19.1 Å². The predicted octanol–water partition coefficient (Wildman–Crippen LogP) is 2.60. The third-order valence-electron chi connectivity index (χ3n) is 3.53. The molecule has 0 radical (unpaired) electrons. The summed E-state index contributed by atoms with van der Waals surface area (Å²) in [5.41, 5.74) is -0.464. The van der Waals surface area contributed by atoms with E-state index in [1.54, 1.807) is 0 Å². The first-order chi connectivity index (χ1) is 8.92. The van der Waals surface area contributed by atoms with Crippen molar-refractivity contribution in [1.82, 2.24) is 5.32 Å². The number of nitrogens with two attached hydrogens (primary N) is 1. The second kappa shape index (κ2) is 7.70. The van der Waals surface area contributed by atoms with Crippen LogP contribution in [0.25, 0.3) is 0 Å². The first-order valence-electron chi connectivity index (χ1n) is 7.21. The molecule has 1 aliphatic carbocycles. The Labute approximate surface area is 116 Å². The van der Waals surface area contributed by atoms with E-state index < -0.39 is 5.60 Å². The second-order valence-electron chi connectivity index (χ2n) is 6.37. The SMILES string of the molecule is CC(C)(C)OC(=O)NCC(CON)C1CCCCC1. The van der Waals surface area contributed by atoms with Crippen LogP contribution in [0.1, 0.15) is 52.9 Å². The molecular formula is C14H28N2O3. The number of alkyl carbamates (subject to hydrolysis) is 1. The molecule has 0 heterocycles. The van der Waals surface area contributed by atoms with Crippen LogP contribution < -0.4 is 11.2 Å². The van der Waals surface area contributed by atoms with Crippen LogP contribution in [-0.4, -0.2) is 24.8 Å². The van der Waals surface area contributed by atoms with E-state index in [1.165, 1.54) is 32.1 Å². The molecule has 0 bridgehead atoms. The molecule has 0 aromatic heterocycles. The Morgan fingerprint density at radius 2 is 1.95 bits per heavy atom. The van der Waals surface area contributed by atoms with Gasteiger partial charge in [-0.1, -0.05) is 32.1 Å². The highest BCUT2D eigenvalue weighted by Crippen LogP contribution is 2.29. The molecule has 112 valence electrons. The number of hydrogen-bond acceptors (Lipinski definition) is 4. The van der Waals surface area contributed by atoms with Gasteiger partial charge >= 0.3 is 6.09 Å². The Balaban J connectivity index is 2.38. The van der Waals surface area contributed by atoms with Crippen LogP contribution >= 0.6 is 0 Å². The number of ether oxygens (including phenoxy) is 1. The summed E-state index contributed by atoms with van der Waals surface area (Å²) in [6.07, 6.45) is 5.86. The van der Waals surface area contributed by atoms with Crippen LogP contribution in [0.2, 0.25) is 0 Å². The van der Waals surface area contributed by atoms with Gasteiger partial charge in [0.2, 0.25) is 0 Å². The van der Waals surface area contributed by atoms with Crippen LogP contribution in [0.4, 0.5) is 4.79 Å². The molecule has 3 N–H and O–H groups in total. The molecule has 5 heteroatoms. The predicted molar refractivity (Wildman–Crippen MR) is 74.4 cm³/mol. The molecule has 1 atom stereocenters. The van der Waals surface area contributed by atoms with Gasteiger partial charge < -0.3 is 14.9 Å². The third-order valence-corrected chi connectivity index (χ3v) is 3.53. The van der Waals surface area contributed by atoms with Crippen LogP contribution in [0, 0.1) is 11.8 Å². The van der Waals surface area contributed by atoms with Crippen molar-refractivity contribution >= 4 is 6.09 Å². The topological polar surface area (TPSA) is 73.6 Å². The summed E-state index contributed by atoms with van der Waals surface area (Å²) >= 11 is 0. The Hall–Kier alpha value is -0.810. The van der Waals surface area contributed by atoms with Gasteiger partial charge in [0, 0.05) is 12.5 Å². The highest BCUT2D eigenvalue weighted by Gasteiger charge is 2.25. The Kier molecular flexibility index (Phi) is 6.58. The van der Waals surface area contributed by atoms with Gasteiger partial charge in [-0.05, 0) is 26.7 Å². The van der Waals surface area contributed by atoms with Gasteiger partial charge in [0.1, 0.15) is 5.60 Å². The van der Waals surface area contributed by atoms with Gasteiger partial charge in [-0.15, -0.1) is 0 Å². The van der Waals surface area contributed by atoms with E-state index in [2.05, 4.69) is 5.32 Å². The van der Waals surface area contributed by atoms with Gasteiger partial charge in [0.15, 0.2) is 0 Å². The van der Waals surface area contributed by atoms with E-state index in [9.17, 15) is 4.79 Å². The Morgan fingerprint density at radius 3 is 2.47 bits per heavy atom. The standard InChI is InChI=1S/C14H28N2O3/c1-14(2,3)19-13(17)16-9-12(10-18-15)11-7-5-4-6-8-11/h11-12H,4-10,15H2,1-3H3,(H,16,17). The van der Waals surface area contributed by atoms with Crippen molar-refractivity contribution in [1.29, 1.82) is 0 Å². The monoisotopic (exact) mass is 272 g/mol. The molecule has 1 amide bonds. The average molecular weight is 272 g/mol. The lowest BCUT2D eigenvalue weighted by Crippen LogP contribution is -2.39. The fraction of sp³-hybridized carbons (Fsp3) is 0.929. The van der Waals surface area contributed by atoms with Crippen molar-refractivity contribution < 1.29 is 14.4 Å². The molecule has 0 aliphatic heterocycles. The minimum atomic E-state index is -0.464. The quantitative estimate of drug-likeness (QED) is 0.754. The van der Waals surface area contributed by atoms with E-state index >= 15 is 0 Å². The normalized spacial score (nSPS) is 18.9. The van der Waals surface area contributed by atoms with E-state index in [0.717, 1.165) is 0 Å². The zero-order valence-corrected chi connectivity index (χ0v) is 12.4. The molecular weight excluding hydrogens is 244 g/mol. The Bertz CT molecular complexity index is 270. The number of nitrogens with one attached hydrogen (secondary N) is 1. The first-order valence-corrected chi connectivity index (χ1v) is 7.21. The van der Waals surface area contributed by atoms with Gasteiger partial charge in [0.25, 0.3) is 0 Å².